The number of hydrogen-bond acceptors (Lipinski definition) is 5. The number of nitrogens with zero attached hydrogens (tertiary/aromatic N) is 1. The van der Waals surface area contributed by atoms with Gasteiger partial charge in [-0.15, -0.1) is 24.0 Å². The Morgan fingerprint density at radius 3 is 2.31 bits per heavy atom. The quantitative estimate of drug-likeness (QED) is 0.231. The van der Waals surface area contributed by atoms with Crippen molar-refractivity contribution in [3.05, 3.63) is 52.8 Å². The molecule has 0 aromatic heterocycles. The smallest absolute Gasteiger partial charge is 0.203 e. The molecule has 2 N–H and O–H groups in total. The average molecular weight is 578 g/mol. The number of hydrogen-bond donors (Lipinski definition) is 2. The van der Waals surface area contributed by atoms with Gasteiger partial charge < -0.3 is 24.8 Å². The number of ether oxygens (including phenoxy) is 3. The molecule has 0 atom stereocenters. The lowest BCUT2D eigenvalue weighted by Gasteiger charge is -2.17. The van der Waals surface area contributed by atoms with E-state index in [2.05, 4.69) is 15.6 Å². The molecule has 6 nitrogen and oxygen atoms in total. The molecular formula is C23H33FIN3O3S. The Kier molecular flexibility index (Phi) is 13.2. The minimum Gasteiger partial charge on any atom is -0.493 e. The molecule has 9 heteroatoms. The molecule has 32 heavy (non-hydrogen) atoms. The average Bonchev–Trinajstić information content (AvgIpc) is 2.78. The summed E-state index contributed by atoms with van der Waals surface area (Å²) in [5, 5.41) is 6.61. The molecule has 2 aromatic carbocycles. The Morgan fingerprint density at radius 2 is 1.69 bits per heavy atom. The topological polar surface area (TPSA) is 64.1 Å². The zero-order valence-electron chi connectivity index (χ0n) is 19.3. The van der Waals surface area contributed by atoms with E-state index in [0.29, 0.717) is 42.7 Å². The van der Waals surface area contributed by atoms with Gasteiger partial charge in [-0.1, -0.05) is 12.1 Å². The lowest BCUT2D eigenvalue weighted by atomic mass is 10.1. The van der Waals surface area contributed by atoms with Gasteiger partial charge in [0.15, 0.2) is 17.5 Å². The Balaban J connectivity index is 0.00000512. The van der Waals surface area contributed by atoms with E-state index in [1.165, 1.54) is 6.07 Å². The highest BCUT2D eigenvalue weighted by Crippen LogP contribution is 2.39. The van der Waals surface area contributed by atoms with Gasteiger partial charge in [-0.25, -0.2) is 9.38 Å². The first-order valence-corrected chi connectivity index (χ1v) is 11.5. The van der Waals surface area contributed by atoms with Crippen LogP contribution in [0.15, 0.2) is 35.3 Å². The van der Waals surface area contributed by atoms with E-state index < -0.39 is 0 Å². The van der Waals surface area contributed by atoms with Crippen molar-refractivity contribution >= 4 is 41.7 Å². The van der Waals surface area contributed by atoms with Gasteiger partial charge in [0.1, 0.15) is 5.82 Å². The maximum atomic E-state index is 13.6. The minimum absolute atomic E-state index is 0. The Morgan fingerprint density at radius 1 is 0.969 bits per heavy atom. The largest absolute Gasteiger partial charge is 0.493 e. The van der Waals surface area contributed by atoms with Gasteiger partial charge in [0.05, 0.1) is 27.9 Å². The van der Waals surface area contributed by atoms with Crippen LogP contribution in [-0.4, -0.2) is 46.6 Å². The summed E-state index contributed by atoms with van der Waals surface area (Å²) in [6.07, 6.45) is 2.72. The Labute approximate surface area is 211 Å². The van der Waals surface area contributed by atoms with E-state index in [1.807, 2.05) is 31.4 Å². The number of methoxy groups -OCH3 is 3. The molecule has 0 aliphatic carbocycles. The van der Waals surface area contributed by atoms with Crippen molar-refractivity contribution in [2.45, 2.75) is 25.6 Å². The highest BCUT2D eigenvalue weighted by molar-refractivity contribution is 14.0. The van der Waals surface area contributed by atoms with Crippen LogP contribution in [-0.2, 0) is 18.7 Å². The SMILES string of the molecule is CCNC(=NCc1ccc(F)cc1CSC)NCCc1ccc(OC)c(OC)c1OC.I. The fraction of sp³-hybridized carbons (Fsp3) is 0.435. The van der Waals surface area contributed by atoms with Crippen molar-refractivity contribution in [1.29, 1.82) is 0 Å². The molecule has 0 saturated heterocycles. The molecule has 2 aromatic rings. The molecule has 178 valence electrons. The maximum Gasteiger partial charge on any atom is 0.203 e. The fourth-order valence-electron chi connectivity index (χ4n) is 3.22. The third-order valence-corrected chi connectivity index (χ3v) is 5.29. The van der Waals surface area contributed by atoms with Gasteiger partial charge in [0.25, 0.3) is 0 Å². The summed E-state index contributed by atoms with van der Waals surface area (Å²) in [5.41, 5.74) is 3.00. The van der Waals surface area contributed by atoms with Crippen molar-refractivity contribution in [2.24, 2.45) is 4.99 Å². The summed E-state index contributed by atoms with van der Waals surface area (Å²) in [5.74, 6) is 3.13. The highest BCUT2D eigenvalue weighted by Gasteiger charge is 2.15. The van der Waals surface area contributed by atoms with Gasteiger partial charge >= 0.3 is 0 Å². The Hall–Kier alpha value is -1.88. The van der Waals surface area contributed by atoms with Crippen molar-refractivity contribution in [1.82, 2.24) is 10.6 Å². The van der Waals surface area contributed by atoms with E-state index >= 15 is 0 Å². The number of guanidine groups is 1. The van der Waals surface area contributed by atoms with Crippen molar-refractivity contribution in [3.8, 4) is 17.2 Å². The molecule has 0 aliphatic heterocycles. The number of halogens is 2. The van der Waals surface area contributed by atoms with Crippen LogP contribution in [0.1, 0.15) is 23.6 Å². The zero-order chi connectivity index (χ0) is 22.6. The summed E-state index contributed by atoms with van der Waals surface area (Å²) in [4.78, 5) is 4.68. The van der Waals surface area contributed by atoms with Gasteiger partial charge in [-0.2, -0.15) is 11.8 Å². The second kappa shape index (κ2) is 15.0. The van der Waals surface area contributed by atoms with Crippen molar-refractivity contribution in [3.63, 3.8) is 0 Å². The van der Waals surface area contributed by atoms with Crippen LogP contribution >= 0.6 is 35.7 Å². The van der Waals surface area contributed by atoms with Crippen LogP contribution in [0.5, 0.6) is 17.2 Å². The maximum absolute atomic E-state index is 13.6. The lowest BCUT2D eigenvalue weighted by Crippen LogP contribution is -2.38. The molecule has 0 saturated carbocycles. The molecule has 2 rings (SSSR count). The van der Waals surface area contributed by atoms with Crippen LogP contribution in [0, 0.1) is 5.82 Å². The predicted molar refractivity (Wildman–Crippen MR) is 142 cm³/mol. The number of thioether (sulfide) groups is 1. The normalized spacial score (nSPS) is 10.9. The molecule has 0 amide bonds. The third-order valence-electron chi connectivity index (χ3n) is 4.69. The van der Waals surface area contributed by atoms with Crippen LogP contribution < -0.4 is 24.8 Å². The third kappa shape index (κ3) is 7.91. The number of rotatable bonds is 11. The highest BCUT2D eigenvalue weighted by atomic mass is 127. The van der Waals surface area contributed by atoms with E-state index in [1.54, 1.807) is 39.2 Å². The summed E-state index contributed by atoms with van der Waals surface area (Å²) < 4.78 is 29.9. The van der Waals surface area contributed by atoms with Crippen LogP contribution in [0.4, 0.5) is 4.39 Å². The second-order valence-electron chi connectivity index (χ2n) is 6.71. The molecule has 0 radical (unpaired) electrons. The first-order valence-electron chi connectivity index (χ1n) is 10.1. The van der Waals surface area contributed by atoms with E-state index in [-0.39, 0.29) is 29.8 Å². The zero-order valence-corrected chi connectivity index (χ0v) is 22.4. The molecule has 0 spiro atoms. The van der Waals surface area contributed by atoms with Gasteiger partial charge in [-0.05, 0) is 48.9 Å². The van der Waals surface area contributed by atoms with E-state index in [9.17, 15) is 4.39 Å². The standard InChI is InChI=1S/C23H32FN3O3S.HI/c1-6-25-23(27-14-17-7-9-19(24)13-18(17)15-31-5)26-12-11-16-8-10-20(28-2)22(30-4)21(16)29-3;/h7-10,13H,6,11-12,14-15H2,1-5H3,(H2,25,26,27);1H. The first kappa shape index (κ1) is 28.2. The molecule has 0 fully saturated rings. The van der Waals surface area contributed by atoms with Crippen LogP contribution in [0.25, 0.3) is 0 Å². The fourth-order valence-corrected chi connectivity index (χ4v) is 3.80. The summed E-state index contributed by atoms with van der Waals surface area (Å²) >= 11 is 1.67. The summed E-state index contributed by atoms with van der Waals surface area (Å²) in [7, 11) is 4.82. The van der Waals surface area contributed by atoms with E-state index in [0.717, 1.165) is 29.0 Å². The van der Waals surface area contributed by atoms with Crippen molar-refractivity contribution < 1.29 is 18.6 Å². The first-order chi connectivity index (χ1) is 15.1. The van der Waals surface area contributed by atoms with Gasteiger partial charge in [-0.3, -0.25) is 0 Å². The monoisotopic (exact) mass is 577 g/mol. The summed E-state index contributed by atoms with van der Waals surface area (Å²) in [6, 6.07) is 8.72. The van der Waals surface area contributed by atoms with E-state index in [4.69, 9.17) is 14.2 Å². The Bertz CT molecular complexity index is 884. The molecular weight excluding hydrogens is 544 g/mol. The molecule has 0 heterocycles. The van der Waals surface area contributed by atoms with Gasteiger partial charge in [0, 0.05) is 24.4 Å². The second-order valence-corrected chi connectivity index (χ2v) is 7.58. The summed E-state index contributed by atoms with van der Waals surface area (Å²) in [6.45, 7) is 3.89. The van der Waals surface area contributed by atoms with Crippen LogP contribution in [0.3, 0.4) is 0 Å². The van der Waals surface area contributed by atoms with Crippen molar-refractivity contribution in [2.75, 3.05) is 40.7 Å². The lowest BCUT2D eigenvalue weighted by molar-refractivity contribution is 0.322. The number of nitrogens with one attached hydrogen (secondary N) is 2. The molecule has 0 unspecified atom stereocenters. The minimum atomic E-state index is -0.217. The molecule has 0 aliphatic rings. The number of aliphatic imine (C=N–C) groups is 1. The molecule has 0 bridgehead atoms. The van der Waals surface area contributed by atoms with Gasteiger partial charge in [0.2, 0.25) is 5.75 Å². The number of benzene rings is 2. The van der Waals surface area contributed by atoms with Crippen LogP contribution in [0.2, 0.25) is 0 Å². The predicted octanol–water partition coefficient (Wildman–Crippen LogP) is 4.63.